The summed E-state index contributed by atoms with van der Waals surface area (Å²) < 4.78 is 0. The molecule has 9 nitrogen and oxygen atoms in total. The lowest BCUT2D eigenvalue weighted by atomic mass is 10.4. The lowest BCUT2D eigenvalue weighted by Crippen LogP contribution is -2.20. The summed E-state index contributed by atoms with van der Waals surface area (Å²) in [6.45, 7) is 1.22. The van der Waals surface area contributed by atoms with Crippen LogP contribution in [0.3, 0.4) is 0 Å². The van der Waals surface area contributed by atoms with Crippen molar-refractivity contribution in [1.82, 2.24) is 5.32 Å². The second kappa shape index (κ2) is 8.94. The van der Waals surface area contributed by atoms with E-state index in [1.54, 1.807) is 0 Å². The van der Waals surface area contributed by atoms with Crippen LogP contribution in [-0.2, 0) is 9.68 Å². The van der Waals surface area contributed by atoms with Gasteiger partial charge in [0.1, 0.15) is 0 Å². The second-order valence-electron chi connectivity index (χ2n) is 2.57. The van der Waals surface area contributed by atoms with Gasteiger partial charge >= 0.3 is 0 Å². The Kier molecular flexibility index (Phi) is 7.96. The number of hydrogen-bond donors (Lipinski definition) is 1. The van der Waals surface area contributed by atoms with Crippen LogP contribution >= 0.6 is 0 Å². The first-order valence-electron chi connectivity index (χ1n) is 4.38. The van der Waals surface area contributed by atoms with Crippen molar-refractivity contribution in [2.45, 2.75) is 12.8 Å². The molecule has 0 spiro atoms. The quantitative estimate of drug-likeness (QED) is 0.309. The smallest absolute Gasteiger partial charge is 0.294 e. The Labute approximate surface area is 85.6 Å². The van der Waals surface area contributed by atoms with E-state index in [-0.39, 0.29) is 13.2 Å². The topological polar surface area (TPSA) is 117 Å². The van der Waals surface area contributed by atoms with Gasteiger partial charge in [-0.3, -0.25) is 0 Å². The lowest BCUT2D eigenvalue weighted by Gasteiger charge is -2.03. The fourth-order valence-electron chi connectivity index (χ4n) is 0.798. The molecule has 0 amide bonds. The van der Waals surface area contributed by atoms with Crippen molar-refractivity contribution < 1.29 is 19.8 Å². The first kappa shape index (κ1) is 13.4. The van der Waals surface area contributed by atoms with Gasteiger partial charge < -0.3 is 15.0 Å². The van der Waals surface area contributed by atoms with Crippen LogP contribution in [-0.4, -0.2) is 36.5 Å². The molecule has 0 aromatic carbocycles. The summed E-state index contributed by atoms with van der Waals surface area (Å²) in [4.78, 5) is 27.6. The minimum absolute atomic E-state index is 0.0470. The minimum Gasteiger partial charge on any atom is -0.317 e. The van der Waals surface area contributed by atoms with Crippen molar-refractivity contribution in [2.75, 3.05) is 26.3 Å². The van der Waals surface area contributed by atoms with Crippen LogP contribution in [0.25, 0.3) is 0 Å². The van der Waals surface area contributed by atoms with E-state index in [1.165, 1.54) is 0 Å². The van der Waals surface area contributed by atoms with Crippen molar-refractivity contribution in [2.24, 2.45) is 0 Å². The second-order valence-corrected chi connectivity index (χ2v) is 2.57. The molecule has 0 aromatic rings. The molecule has 0 aliphatic carbocycles. The number of nitrogens with one attached hydrogen (secondary N) is 1. The minimum atomic E-state index is -0.842. The SMILES string of the molecule is O=[N+]([O-])OCCCNCCCO[N+](=O)[O-]. The predicted molar refractivity (Wildman–Crippen MR) is 48.0 cm³/mol. The van der Waals surface area contributed by atoms with E-state index >= 15 is 0 Å². The van der Waals surface area contributed by atoms with Crippen molar-refractivity contribution in [1.29, 1.82) is 0 Å². The van der Waals surface area contributed by atoms with E-state index in [1.807, 2.05) is 0 Å². The van der Waals surface area contributed by atoms with E-state index in [0.717, 1.165) is 0 Å². The fraction of sp³-hybridized carbons (Fsp3) is 1.00. The predicted octanol–water partition coefficient (Wildman–Crippen LogP) is -0.227. The normalized spacial score (nSPS) is 9.60. The molecular weight excluding hydrogens is 210 g/mol. The van der Waals surface area contributed by atoms with Gasteiger partial charge in [-0.05, 0) is 25.9 Å². The largest absolute Gasteiger partial charge is 0.317 e. The van der Waals surface area contributed by atoms with E-state index in [4.69, 9.17) is 0 Å². The summed E-state index contributed by atoms with van der Waals surface area (Å²) in [5.41, 5.74) is 0. The molecular formula is C6H13N3O6. The van der Waals surface area contributed by atoms with Gasteiger partial charge in [0.25, 0.3) is 10.2 Å². The molecule has 0 fully saturated rings. The van der Waals surface area contributed by atoms with Crippen LogP contribution < -0.4 is 5.32 Å². The van der Waals surface area contributed by atoms with Crippen LogP contribution in [0.2, 0.25) is 0 Å². The first-order chi connectivity index (χ1) is 7.13. The fourth-order valence-corrected chi connectivity index (χ4v) is 0.798. The van der Waals surface area contributed by atoms with E-state index in [0.29, 0.717) is 25.9 Å². The zero-order chi connectivity index (χ0) is 11.5. The maximum absolute atomic E-state index is 9.72. The average Bonchev–Trinajstić information content (AvgIpc) is 2.14. The summed E-state index contributed by atoms with van der Waals surface area (Å²) in [5.74, 6) is 0. The molecule has 0 aliphatic heterocycles. The Bertz CT molecular complexity index is 179. The van der Waals surface area contributed by atoms with Gasteiger partial charge in [0, 0.05) is 0 Å². The van der Waals surface area contributed by atoms with Gasteiger partial charge in [-0.25, -0.2) is 0 Å². The lowest BCUT2D eigenvalue weighted by molar-refractivity contribution is -0.757. The molecule has 0 rings (SSSR count). The molecule has 0 atom stereocenters. The van der Waals surface area contributed by atoms with Gasteiger partial charge in [-0.1, -0.05) is 0 Å². The van der Waals surface area contributed by atoms with E-state index < -0.39 is 10.2 Å². The molecule has 0 unspecified atom stereocenters. The highest BCUT2D eigenvalue weighted by atomic mass is 17.0. The van der Waals surface area contributed by atoms with Crippen molar-refractivity contribution >= 4 is 0 Å². The monoisotopic (exact) mass is 223 g/mol. The number of hydrogen-bond acceptors (Lipinski definition) is 7. The molecule has 0 saturated heterocycles. The molecule has 0 bridgehead atoms. The third-order valence-corrected chi connectivity index (χ3v) is 1.39. The van der Waals surface area contributed by atoms with Crippen LogP contribution in [0.15, 0.2) is 0 Å². The Hall–Kier alpha value is -1.64. The summed E-state index contributed by atoms with van der Waals surface area (Å²) in [7, 11) is 0. The number of nitrogens with zero attached hydrogens (tertiary/aromatic N) is 2. The maximum Gasteiger partial charge on any atom is 0.294 e. The van der Waals surface area contributed by atoms with Gasteiger partial charge in [-0.2, -0.15) is 0 Å². The Morgan fingerprint density at radius 3 is 1.67 bits per heavy atom. The van der Waals surface area contributed by atoms with Gasteiger partial charge in [-0.15, -0.1) is 20.2 Å². The highest BCUT2D eigenvalue weighted by molar-refractivity contribution is 4.46. The summed E-state index contributed by atoms with van der Waals surface area (Å²) in [5, 5.41) is 20.7. The molecule has 0 radical (unpaired) electrons. The van der Waals surface area contributed by atoms with Gasteiger partial charge in [0.05, 0.1) is 13.2 Å². The highest BCUT2D eigenvalue weighted by Gasteiger charge is 1.95. The third-order valence-electron chi connectivity index (χ3n) is 1.39. The average molecular weight is 223 g/mol. The van der Waals surface area contributed by atoms with Gasteiger partial charge in [0.15, 0.2) is 0 Å². The number of rotatable bonds is 10. The zero-order valence-corrected chi connectivity index (χ0v) is 8.09. The Morgan fingerprint density at radius 2 is 1.33 bits per heavy atom. The highest BCUT2D eigenvalue weighted by Crippen LogP contribution is 1.83. The molecule has 0 saturated carbocycles. The summed E-state index contributed by atoms with van der Waals surface area (Å²) >= 11 is 0. The molecule has 15 heavy (non-hydrogen) atoms. The molecule has 0 aromatic heterocycles. The molecule has 0 heterocycles. The summed E-state index contributed by atoms with van der Waals surface area (Å²) in [6.07, 6.45) is 1.02. The van der Waals surface area contributed by atoms with Crippen LogP contribution in [0.4, 0.5) is 0 Å². The van der Waals surface area contributed by atoms with Crippen molar-refractivity contribution in [3.05, 3.63) is 20.2 Å². The Morgan fingerprint density at radius 1 is 0.933 bits per heavy atom. The van der Waals surface area contributed by atoms with Crippen molar-refractivity contribution in [3.8, 4) is 0 Å². The first-order valence-corrected chi connectivity index (χ1v) is 4.38. The van der Waals surface area contributed by atoms with Crippen LogP contribution in [0.1, 0.15) is 12.8 Å². The molecule has 9 heteroatoms. The van der Waals surface area contributed by atoms with Crippen LogP contribution in [0.5, 0.6) is 0 Å². The molecule has 0 aliphatic rings. The molecule has 1 N–H and O–H groups in total. The van der Waals surface area contributed by atoms with Crippen LogP contribution in [0, 0.1) is 20.2 Å². The Balaban J connectivity index is 2.99. The van der Waals surface area contributed by atoms with E-state index in [2.05, 4.69) is 15.0 Å². The zero-order valence-electron chi connectivity index (χ0n) is 8.09. The van der Waals surface area contributed by atoms with Crippen molar-refractivity contribution in [3.63, 3.8) is 0 Å². The standard InChI is InChI=1S/C6H13N3O6/c10-8(11)14-5-1-3-7-4-2-6-15-9(12)13/h7H,1-6H2. The van der Waals surface area contributed by atoms with Gasteiger partial charge in [0.2, 0.25) is 0 Å². The maximum atomic E-state index is 9.72. The third kappa shape index (κ3) is 12.4. The summed E-state index contributed by atoms with van der Waals surface area (Å²) in [6, 6.07) is 0. The molecule has 88 valence electrons. The van der Waals surface area contributed by atoms with E-state index in [9.17, 15) is 20.2 Å².